The van der Waals surface area contributed by atoms with Crippen LogP contribution in [0.3, 0.4) is 0 Å². The molecule has 0 saturated carbocycles. The number of ether oxygens (including phenoxy) is 2. The van der Waals surface area contributed by atoms with Crippen molar-refractivity contribution in [2.45, 2.75) is 52.5 Å². The number of carbonyl (C=O) groups is 3. The number of amides is 1. The number of nitrogens with zero attached hydrogens (tertiary/aromatic N) is 2. The molecule has 1 saturated heterocycles. The second-order valence-corrected chi connectivity index (χ2v) is 8.94. The fraction of sp³-hybridized carbons (Fsp3) is 0.520. The summed E-state index contributed by atoms with van der Waals surface area (Å²) < 4.78 is 12.8. The van der Waals surface area contributed by atoms with E-state index in [0.29, 0.717) is 56.0 Å². The summed E-state index contributed by atoms with van der Waals surface area (Å²) in [4.78, 5) is 36.8. The molecule has 1 aromatic carbocycles. The fourth-order valence-electron chi connectivity index (χ4n) is 4.72. The lowest BCUT2D eigenvalue weighted by molar-refractivity contribution is 0.0160. The van der Waals surface area contributed by atoms with Gasteiger partial charge in [-0.25, -0.2) is 4.79 Å². The minimum atomic E-state index is -0.448. The molecular formula is C25H31N3O5. The average Bonchev–Trinajstić information content (AvgIpc) is 3.10. The van der Waals surface area contributed by atoms with Crippen LogP contribution >= 0.6 is 0 Å². The van der Waals surface area contributed by atoms with Crippen LogP contribution in [0.2, 0.25) is 0 Å². The summed E-state index contributed by atoms with van der Waals surface area (Å²) in [6, 6.07) is 6.55. The first kappa shape index (κ1) is 23.2. The van der Waals surface area contributed by atoms with E-state index in [1.165, 1.54) is 6.92 Å². The summed E-state index contributed by atoms with van der Waals surface area (Å²) >= 11 is 0. The maximum atomic E-state index is 12.9. The zero-order valence-electron chi connectivity index (χ0n) is 19.3. The molecule has 0 atom stereocenters. The minimum absolute atomic E-state index is 0.00368. The zero-order chi connectivity index (χ0) is 23.4. The maximum Gasteiger partial charge on any atom is 0.338 e. The number of Topliss-reactive ketones (excluding diaryl/α,β-unsaturated/α-hetero) is 1. The maximum absolute atomic E-state index is 12.9. The zero-order valence-corrected chi connectivity index (χ0v) is 19.3. The van der Waals surface area contributed by atoms with Gasteiger partial charge < -0.3 is 14.8 Å². The molecule has 0 unspecified atom stereocenters. The summed E-state index contributed by atoms with van der Waals surface area (Å²) in [6.07, 6.45) is 3.86. The second-order valence-electron chi connectivity index (χ2n) is 8.94. The van der Waals surface area contributed by atoms with Crippen LogP contribution in [0.15, 0.2) is 24.3 Å². The van der Waals surface area contributed by atoms with Crippen molar-refractivity contribution in [3.05, 3.63) is 52.3 Å². The molecule has 176 valence electrons. The van der Waals surface area contributed by atoms with Crippen LogP contribution < -0.4 is 5.32 Å². The number of aryl methyl sites for hydroxylation is 2. The van der Waals surface area contributed by atoms with Crippen LogP contribution in [-0.4, -0.2) is 53.8 Å². The van der Waals surface area contributed by atoms with Crippen molar-refractivity contribution in [3.63, 3.8) is 0 Å². The van der Waals surface area contributed by atoms with Crippen molar-refractivity contribution >= 4 is 17.7 Å². The van der Waals surface area contributed by atoms with Crippen molar-refractivity contribution in [2.75, 3.05) is 26.4 Å². The van der Waals surface area contributed by atoms with Gasteiger partial charge in [0.15, 0.2) is 5.78 Å². The normalized spacial score (nSPS) is 17.2. The number of esters is 1. The Morgan fingerprint density at radius 2 is 2.00 bits per heavy atom. The predicted molar refractivity (Wildman–Crippen MR) is 121 cm³/mol. The lowest BCUT2D eigenvalue weighted by Crippen LogP contribution is -2.40. The molecule has 8 heteroatoms. The highest BCUT2D eigenvalue weighted by atomic mass is 16.5. The standard InChI is InChI=1S/C25H31N3O5/c1-3-28-22-20(15-25(16-26-23(22)30)9-12-32-13-10-25)21(27-28)8-5-11-33-24(31)19-7-4-6-18(14-19)17(2)29/h4,6-7,14H,3,5,8-13,15-16H2,1-2H3,(H,26,30). The topological polar surface area (TPSA) is 99.5 Å². The highest BCUT2D eigenvalue weighted by molar-refractivity contribution is 5.97. The van der Waals surface area contributed by atoms with Gasteiger partial charge in [0.2, 0.25) is 0 Å². The molecule has 1 aromatic heterocycles. The van der Waals surface area contributed by atoms with Gasteiger partial charge in [0, 0.05) is 37.4 Å². The second kappa shape index (κ2) is 9.87. The summed E-state index contributed by atoms with van der Waals surface area (Å²) in [5.74, 6) is -0.606. The first-order valence-electron chi connectivity index (χ1n) is 11.6. The van der Waals surface area contributed by atoms with Crippen LogP contribution in [0.4, 0.5) is 0 Å². The van der Waals surface area contributed by atoms with E-state index in [0.717, 1.165) is 30.5 Å². The van der Waals surface area contributed by atoms with Gasteiger partial charge in [-0.1, -0.05) is 12.1 Å². The molecule has 33 heavy (non-hydrogen) atoms. The minimum Gasteiger partial charge on any atom is -0.462 e. The van der Waals surface area contributed by atoms with E-state index < -0.39 is 5.97 Å². The molecule has 8 nitrogen and oxygen atoms in total. The van der Waals surface area contributed by atoms with Gasteiger partial charge in [0.1, 0.15) is 5.69 Å². The van der Waals surface area contributed by atoms with Crippen molar-refractivity contribution in [2.24, 2.45) is 5.41 Å². The molecule has 2 aliphatic heterocycles. The average molecular weight is 454 g/mol. The molecule has 1 N–H and O–H groups in total. The van der Waals surface area contributed by atoms with Gasteiger partial charge in [-0.15, -0.1) is 0 Å². The van der Waals surface area contributed by atoms with Gasteiger partial charge in [-0.3, -0.25) is 14.3 Å². The molecule has 1 spiro atoms. The fourth-order valence-corrected chi connectivity index (χ4v) is 4.72. The molecule has 3 heterocycles. The molecule has 0 bridgehead atoms. The van der Waals surface area contributed by atoms with Crippen LogP contribution in [-0.2, 0) is 28.9 Å². The van der Waals surface area contributed by atoms with E-state index in [4.69, 9.17) is 14.6 Å². The van der Waals surface area contributed by atoms with Crippen molar-refractivity contribution < 1.29 is 23.9 Å². The quantitative estimate of drug-likeness (QED) is 0.393. The van der Waals surface area contributed by atoms with E-state index >= 15 is 0 Å². The number of fused-ring (bicyclic) bond motifs is 1. The Balaban J connectivity index is 1.44. The summed E-state index contributed by atoms with van der Waals surface area (Å²) in [7, 11) is 0. The third-order valence-electron chi connectivity index (χ3n) is 6.67. The largest absolute Gasteiger partial charge is 0.462 e. The van der Waals surface area contributed by atoms with Gasteiger partial charge in [-0.2, -0.15) is 5.10 Å². The highest BCUT2D eigenvalue weighted by Gasteiger charge is 2.39. The monoisotopic (exact) mass is 453 g/mol. The Labute approximate surface area is 193 Å². The summed E-state index contributed by atoms with van der Waals surface area (Å²) in [5, 5.41) is 7.85. The molecule has 2 aromatic rings. The molecule has 1 fully saturated rings. The smallest absolute Gasteiger partial charge is 0.338 e. The SMILES string of the molecule is CCn1nc(CCCOC(=O)c2cccc(C(C)=O)c2)c2c1C(=O)NCC1(CCOCC1)C2. The van der Waals surface area contributed by atoms with E-state index in [-0.39, 0.29) is 23.7 Å². The number of carbonyl (C=O) groups excluding carboxylic acids is 3. The molecule has 0 radical (unpaired) electrons. The first-order valence-corrected chi connectivity index (χ1v) is 11.6. The summed E-state index contributed by atoms with van der Waals surface area (Å²) in [6.45, 7) is 6.38. The van der Waals surface area contributed by atoms with Gasteiger partial charge in [-0.05, 0) is 63.5 Å². The number of aromatic nitrogens is 2. The van der Waals surface area contributed by atoms with Crippen LogP contribution in [0, 0.1) is 5.41 Å². The van der Waals surface area contributed by atoms with Crippen LogP contribution in [0.5, 0.6) is 0 Å². The van der Waals surface area contributed by atoms with Crippen molar-refractivity contribution in [3.8, 4) is 0 Å². The Morgan fingerprint density at radius 3 is 2.73 bits per heavy atom. The number of benzene rings is 1. The van der Waals surface area contributed by atoms with E-state index in [1.54, 1.807) is 28.9 Å². The van der Waals surface area contributed by atoms with Gasteiger partial charge >= 0.3 is 5.97 Å². The highest BCUT2D eigenvalue weighted by Crippen LogP contribution is 2.37. The number of hydrogen-bond donors (Lipinski definition) is 1. The lowest BCUT2D eigenvalue weighted by atomic mass is 9.75. The van der Waals surface area contributed by atoms with Gasteiger partial charge in [0.05, 0.1) is 17.9 Å². The number of nitrogens with one attached hydrogen (secondary N) is 1. The third-order valence-corrected chi connectivity index (χ3v) is 6.67. The lowest BCUT2D eigenvalue weighted by Gasteiger charge is -2.36. The molecule has 0 aliphatic carbocycles. The number of hydrogen-bond acceptors (Lipinski definition) is 6. The Kier molecular flexibility index (Phi) is 6.93. The Bertz CT molecular complexity index is 1050. The molecule has 4 rings (SSSR count). The predicted octanol–water partition coefficient (Wildman–Crippen LogP) is 2.98. The van der Waals surface area contributed by atoms with Gasteiger partial charge in [0.25, 0.3) is 5.91 Å². The molecular weight excluding hydrogens is 422 g/mol. The Morgan fingerprint density at radius 1 is 1.24 bits per heavy atom. The third kappa shape index (κ3) is 5.00. The number of ketones is 1. The molecule has 1 amide bonds. The van der Waals surface area contributed by atoms with Crippen LogP contribution in [0.1, 0.15) is 75.6 Å². The first-order chi connectivity index (χ1) is 15.9. The Hall–Kier alpha value is -3.00. The van der Waals surface area contributed by atoms with E-state index in [2.05, 4.69) is 5.32 Å². The van der Waals surface area contributed by atoms with E-state index in [9.17, 15) is 14.4 Å². The summed E-state index contributed by atoms with van der Waals surface area (Å²) in [5.41, 5.74) is 3.44. The van der Waals surface area contributed by atoms with Crippen LogP contribution in [0.25, 0.3) is 0 Å². The number of rotatable bonds is 7. The van der Waals surface area contributed by atoms with E-state index in [1.807, 2.05) is 6.92 Å². The van der Waals surface area contributed by atoms with Crippen molar-refractivity contribution in [1.29, 1.82) is 0 Å². The molecule has 2 aliphatic rings. The van der Waals surface area contributed by atoms with Crippen molar-refractivity contribution in [1.82, 2.24) is 15.1 Å².